The van der Waals surface area contributed by atoms with E-state index >= 15 is 0 Å². The monoisotopic (exact) mass is 323 g/mol. The average molecular weight is 323 g/mol. The van der Waals surface area contributed by atoms with Gasteiger partial charge >= 0.3 is 15.6 Å². The summed E-state index contributed by atoms with van der Waals surface area (Å²) in [5.41, 5.74) is 0. The lowest BCUT2D eigenvalue weighted by Crippen LogP contribution is -2.26. The molecule has 2 unspecified atom stereocenters. The fraction of sp³-hybridized carbons (Fsp3) is 1.00. The second-order valence-electron chi connectivity index (χ2n) is 3.27. The van der Waals surface area contributed by atoms with Crippen LogP contribution >= 0.6 is 15.6 Å². The third-order valence-corrected chi connectivity index (χ3v) is 3.18. The molecule has 0 bridgehead atoms. The molecule has 12 heteroatoms. The molecule has 0 aromatic heterocycles. The van der Waals surface area contributed by atoms with Crippen LogP contribution in [0, 0.1) is 0 Å². The summed E-state index contributed by atoms with van der Waals surface area (Å²) in [6.45, 7) is 0.754. The lowest BCUT2D eigenvalue weighted by molar-refractivity contribution is -0.00110. The van der Waals surface area contributed by atoms with Crippen LogP contribution in [-0.2, 0) is 27.4 Å². The van der Waals surface area contributed by atoms with Gasteiger partial charge in [0.1, 0.15) is 6.10 Å². The van der Waals surface area contributed by atoms with E-state index in [4.69, 9.17) is 19.4 Å². The second kappa shape index (κ2) is 9.15. The normalized spacial score (nSPS) is 17.1. The van der Waals surface area contributed by atoms with Crippen molar-refractivity contribution in [3.05, 3.63) is 0 Å². The Hall–Kier alpha value is 0.140. The summed E-state index contributed by atoms with van der Waals surface area (Å²) in [6, 6.07) is 0. The SMILES string of the molecule is CCOP(=O)(O)OCC(COCNC)OP(=O)(O)O. The van der Waals surface area contributed by atoms with Crippen molar-refractivity contribution in [2.45, 2.75) is 13.0 Å². The molecule has 0 fully saturated rings. The van der Waals surface area contributed by atoms with Crippen molar-refractivity contribution in [1.29, 1.82) is 0 Å². The Morgan fingerprint density at radius 3 is 2.26 bits per heavy atom. The molecule has 0 aliphatic heterocycles. The molecule has 0 aliphatic rings. The molecular weight excluding hydrogens is 304 g/mol. The van der Waals surface area contributed by atoms with E-state index in [1.807, 2.05) is 0 Å². The molecule has 4 N–H and O–H groups in total. The van der Waals surface area contributed by atoms with Crippen molar-refractivity contribution >= 4 is 15.6 Å². The third-order valence-electron chi connectivity index (χ3n) is 1.55. The van der Waals surface area contributed by atoms with Crippen molar-refractivity contribution in [2.75, 3.05) is 33.6 Å². The van der Waals surface area contributed by atoms with Crippen LogP contribution in [-0.4, -0.2) is 54.4 Å². The molecule has 0 heterocycles. The summed E-state index contributed by atoms with van der Waals surface area (Å²) in [4.78, 5) is 26.5. The lowest BCUT2D eigenvalue weighted by atomic mass is 10.4. The zero-order valence-corrected chi connectivity index (χ0v) is 12.4. The van der Waals surface area contributed by atoms with E-state index in [0.717, 1.165) is 0 Å². The maximum atomic E-state index is 11.2. The zero-order chi connectivity index (χ0) is 14.9. The van der Waals surface area contributed by atoms with Gasteiger partial charge in [-0.1, -0.05) is 0 Å². The topological polar surface area (TPSA) is 144 Å². The molecular formula is C7H19NO9P2. The van der Waals surface area contributed by atoms with Gasteiger partial charge in [0.05, 0.1) is 26.6 Å². The number of hydrogen-bond donors (Lipinski definition) is 4. The lowest BCUT2D eigenvalue weighted by Gasteiger charge is -2.19. The van der Waals surface area contributed by atoms with E-state index in [1.165, 1.54) is 6.92 Å². The van der Waals surface area contributed by atoms with E-state index in [2.05, 4.69) is 18.9 Å². The quantitative estimate of drug-likeness (QED) is 0.229. The summed E-state index contributed by atoms with van der Waals surface area (Å²) in [5.74, 6) is 0. The number of phosphoric ester groups is 2. The van der Waals surface area contributed by atoms with Gasteiger partial charge in [0.2, 0.25) is 0 Å². The molecule has 0 amide bonds. The summed E-state index contributed by atoms with van der Waals surface area (Å²) in [7, 11) is -7.41. The molecule has 0 saturated carbocycles. The highest BCUT2D eigenvalue weighted by Crippen LogP contribution is 2.44. The van der Waals surface area contributed by atoms with Gasteiger partial charge in [-0.2, -0.15) is 0 Å². The molecule has 0 aliphatic carbocycles. The molecule has 0 rings (SSSR count). The van der Waals surface area contributed by atoms with Crippen molar-refractivity contribution in [2.24, 2.45) is 0 Å². The highest BCUT2D eigenvalue weighted by atomic mass is 31.2. The number of phosphoric acid groups is 2. The van der Waals surface area contributed by atoms with Gasteiger partial charge in [-0.05, 0) is 14.0 Å². The van der Waals surface area contributed by atoms with Crippen LogP contribution in [0.4, 0.5) is 0 Å². The van der Waals surface area contributed by atoms with E-state index < -0.39 is 28.4 Å². The van der Waals surface area contributed by atoms with Gasteiger partial charge in [-0.3, -0.25) is 18.9 Å². The van der Waals surface area contributed by atoms with Crippen LogP contribution in [0.1, 0.15) is 6.92 Å². The number of hydrogen-bond acceptors (Lipinski definition) is 7. The number of rotatable bonds is 11. The smallest absolute Gasteiger partial charge is 0.364 e. The van der Waals surface area contributed by atoms with Gasteiger partial charge in [0.15, 0.2) is 0 Å². The number of nitrogens with one attached hydrogen (secondary N) is 1. The van der Waals surface area contributed by atoms with Crippen molar-refractivity contribution < 1.29 is 42.1 Å². The molecule has 2 atom stereocenters. The fourth-order valence-electron chi connectivity index (χ4n) is 0.973. The molecule has 0 aromatic carbocycles. The number of ether oxygens (including phenoxy) is 1. The van der Waals surface area contributed by atoms with Gasteiger partial charge in [0.25, 0.3) is 0 Å². The van der Waals surface area contributed by atoms with Crippen LogP contribution in [0.15, 0.2) is 0 Å². The average Bonchev–Trinajstić information content (AvgIpc) is 2.24. The van der Waals surface area contributed by atoms with E-state index in [9.17, 15) is 9.13 Å². The van der Waals surface area contributed by atoms with Crippen LogP contribution in [0.5, 0.6) is 0 Å². The molecule has 116 valence electrons. The second-order valence-corrected chi connectivity index (χ2v) is 5.91. The Bertz CT molecular complexity index is 333. The Morgan fingerprint density at radius 2 is 1.79 bits per heavy atom. The highest BCUT2D eigenvalue weighted by Gasteiger charge is 2.27. The summed E-state index contributed by atoms with van der Waals surface area (Å²) in [5, 5.41) is 2.64. The minimum absolute atomic E-state index is 0.0476. The molecule has 0 radical (unpaired) electrons. The van der Waals surface area contributed by atoms with Gasteiger partial charge in [-0.15, -0.1) is 0 Å². The summed E-state index contributed by atoms with van der Waals surface area (Å²) >= 11 is 0. The standard InChI is InChI=1S/C7H19NO9P2/c1-3-15-19(12,13)16-5-7(4-14-6-8-2)17-18(9,10)11/h7-8H,3-6H2,1-2H3,(H,12,13)(H2,9,10,11). The maximum absolute atomic E-state index is 11.2. The Balaban J connectivity index is 4.33. The van der Waals surface area contributed by atoms with Gasteiger partial charge in [0, 0.05) is 0 Å². The van der Waals surface area contributed by atoms with Crippen LogP contribution in [0.3, 0.4) is 0 Å². The first kappa shape index (κ1) is 19.1. The third kappa shape index (κ3) is 11.6. The van der Waals surface area contributed by atoms with Crippen LogP contribution in [0.2, 0.25) is 0 Å². The van der Waals surface area contributed by atoms with Gasteiger partial charge < -0.3 is 19.4 Å². The Kier molecular flexibility index (Phi) is 9.21. The molecule has 0 saturated heterocycles. The maximum Gasteiger partial charge on any atom is 0.472 e. The molecule has 0 spiro atoms. The van der Waals surface area contributed by atoms with E-state index in [0.29, 0.717) is 0 Å². The predicted molar refractivity (Wildman–Crippen MR) is 64.2 cm³/mol. The van der Waals surface area contributed by atoms with Crippen LogP contribution in [0.25, 0.3) is 0 Å². The first-order valence-corrected chi connectivity index (χ1v) is 8.31. The largest absolute Gasteiger partial charge is 0.472 e. The van der Waals surface area contributed by atoms with Crippen molar-refractivity contribution in [3.63, 3.8) is 0 Å². The first-order valence-electron chi connectivity index (χ1n) is 5.28. The Labute approximate surface area is 110 Å². The van der Waals surface area contributed by atoms with Crippen LogP contribution < -0.4 is 5.32 Å². The summed E-state index contributed by atoms with van der Waals surface area (Å²) in [6.07, 6.45) is -1.21. The highest BCUT2D eigenvalue weighted by molar-refractivity contribution is 7.47. The van der Waals surface area contributed by atoms with E-state index in [-0.39, 0.29) is 19.9 Å². The van der Waals surface area contributed by atoms with Crippen molar-refractivity contribution in [3.8, 4) is 0 Å². The first-order chi connectivity index (χ1) is 8.70. The minimum atomic E-state index is -4.76. The van der Waals surface area contributed by atoms with Crippen molar-refractivity contribution in [1.82, 2.24) is 5.32 Å². The molecule has 0 aromatic rings. The van der Waals surface area contributed by atoms with Gasteiger partial charge in [-0.25, -0.2) is 9.13 Å². The zero-order valence-electron chi connectivity index (χ0n) is 10.6. The van der Waals surface area contributed by atoms with E-state index in [1.54, 1.807) is 7.05 Å². The molecule has 19 heavy (non-hydrogen) atoms. The predicted octanol–water partition coefficient (Wildman–Crippen LogP) is -0.189. The Morgan fingerprint density at radius 1 is 1.16 bits per heavy atom. The minimum Gasteiger partial charge on any atom is -0.364 e. The fourth-order valence-corrected chi connectivity index (χ4v) is 2.24. The molecule has 10 nitrogen and oxygen atoms in total. The summed E-state index contributed by atoms with van der Waals surface area (Å²) < 4.78 is 40.2.